The van der Waals surface area contributed by atoms with Gasteiger partial charge in [-0.25, -0.2) is 19.7 Å². The first-order valence-corrected chi connectivity index (χ1v) is 10.9. The van der Waals surface area contributed by atoms with Crippen LogP contribution in [0, 0.1) is 0 Å². The van der Waals surface area contributed by atoms with Gasteiger partial charge in [-0.15, -0.1) is 0 Å². The van der Waals surface area contributed by atoms with Gasteiger partial charge in [-0.1, -0.05) is 23.2 Å². The molecular formula is C20H17Cl2F4N7O2. The number of alkyl halides is 4. The van der Waals surface area contributed by atoms with Crippen LogP contribution < -0.4 is 9.64 Å². The number of hydrogen-bond acceptors (Lipinski definition) is 6. The normalized spacial score (nSPS) is 15.6. The maximum Gasteiger partial charge on any atom is 0.461 e. The van der Waals surface area contributed by atoms with E-state index in [-0.39, 0.29) is 23.2 Å². The molecule has 4 rings (SSSR count). The topological polar surface area (TPSA) is 89.3 Å². The summed E-state index contributed by atoms with van der Waals surface area (Å²) >= 11 is 12.1. The number of urea groups is 1. The Morgan fingerprint density at radius 1 is 1.09 bits per heavy atom. The minimum absolute atomic E-state index is 0.0223. The summed E-state index contributed by atoms with van der Waals surface area (Å²) in [7, 11) is 0. The van der Waals surface area contributed by atoms with Gasteiger partial charge in [0.2, 0.25) is 0 Å². The molecule has 0 spiro atoms. The van der Waals surface area contributed by atoms with E-state index in [0.717, 1.165) is 12.1 Å². The molecule has 1 atom stereocenters. The maximum absolute atomic E-state index is 13.5. The Labute approximate surface area is 206 Å². The van der Waals surface area contributed by atoms with Gasteiger partial charge in [-0.3, -0.25) is 4.90 Å². The second-order valence-electron chi connectivity index (χ2n) is 7.43. The number of ether oxygens (including phenoxy) is 1. The molecule has 9 nitrogen and oxygen atoms in total. The zero-order chi connectivity index (χ0) is 25.3. The molecule has 3 heterocycles. The van der Waals surface area contributed by atoms with Gasteiger partial charge in [0.05, 0.1) is 21.8 Å². The lowest BCUT2D eigenvalue weighted by atomic mass is 10.2. The monoisotopic (exact) mass is 533 g/mol. The van der Waals surface area contributed by atoms with Gasteiger partial charge in [0.25, 0.3) is 5.95 Å². The summed E-state index contributed by atoms with van der Waals surface area (Å²) < 4.78 is 57.8. The number of carbonyl (C=O) groups excluding carboxylic acids is 1. The van der Waals surface area contributed by atoms with Crippen LogP contribution in [0.4, 0.5) is 28.0 Å². The summed E-state index contributed by atoms with van der Waals surface area (Å²) in [4.78, 5) is 28.6. The number of amides is 2. The third-order valence-electron chi connectivity index (χ3n) is 5.21. The molecule has 0 aliphatic carbocycles. The Morgan fingerprint density at radius 2 is 1.80 bits per heavy atom. The predicted molar refractivity (Wildman–Crippen MR) is 117 cm³/mol. The van der Waals surface area contributed by atoms with Crippen molar-refractivity contribution in [2.75, 3.05) is 18.0 Å². The van der Waals surface area contributed by atoms with Gasteiger partial charge in [0.1, 0.15) is 12.1 Å². The average molecular weight is 534 g/mol. The highest BCUT2D eigenvalue weighted by Crippen LogP contribution is 2.41. The van der Waals surface area contributed by atoms with Crippen molar-refractivity contribution < 1.29 is 27.1 Å². The third kappa shape index (κ3) is 4.96. The molecule has 1 aliphatic heterocycles. The highest BCUT2D eigenvalue weighted by atomic mass is 35.5. The molecule has 1 unspecified atom stereocenters. The number of nitrogens with zero attached hydrogens (tertiary/aromatic N) is 7. The molecule has 186 valence electrons. The number of hydrogen-bond donors (Lipinski definition) is 0. The minimum Gasteiger partial charge on any atom is -0.427 e. The van der Waals surface area contributed by atoms with E-state index in [1.807, 2.05) is 0 Å². The van der Waals surface area contributed by atoms with Gasteiger partial charge < -0.3 is 9.64 Å². The minimum atomic E-state index is -4.79. The van der Waals surface area contributed by atoms with E-state index >= 15 is 0 Å². The zero-order valence-electron chi connectivity index (χ0n) is 18.0. The molecule has 1 fully saturated rings. The van der Waals surface area contributed by atoms with Crippen LogP contribution in [0.5, 0.6) is 5.75 Å². The molecular weight excluding hydrogens is 517 g/mol. The highest BCUT2D eigenvalue weighted by molar-refractivity contribution is 6.37. The molecule has 1 aromatic carbocycles. The smallest absolute Gasteiger partial charge is 0.427 e. The summed E-state index contributed by atoms with van der Waals surface area (Å²) in [5.74, 6) is -0.0971. The van der Waals surface area contributed by atoms with Gasteiger partial charge in [-0.2, -0.15) is 27.3 Å². The van der Waals surface area contributed by atoms with Gasteiger partial charge >= 0.3 is 18.6 Å². The first kappa shape index (κ1) is 24.9. The molecule has 0 saturated carbocycles. The molecule has 1 aliphatic rings. The largest absolute Gasteiger partial charge is 0.461 e. The quantitative estimate of drug-likeness (QED) is 0.397. The highest BCUT2D eigenvalue weighted by Gasteiger charge is 2.45. The number of carbonyl (C=O) groups is 1. The van der Waals surface area contributed by atoms with Gasteiger partial charge in [-0.05, 0) is 25.5 Å². The second-order valence-corrected chi connectivity index (χ2v) is 8.25. The van der Waals surface area contributed by atoms with E-state index in [1.165, 1.54) is 33.2 Å². The number of rotatable bonds is 7. The standard InChI is InChI=1S/C20H17Cl2F4N7O2/c1-11(16-29-10-30-33(16)18-27-4-2-5-28-18)31-6-3-7-32(19(31)34)14-9-15(13(22)8-12(14)21)35-20(25,26)17(23)24/h2,4-5,8-11,17H,3,6-7H2,1H3. The molecule has 0 radical (unpaired) electrons. The maximum atomic E-state index is 13.5. The van der Waals surface area contributed by atoms with Crippen LogP contribution in [0.3, 0.4) is 0 Å². The van der Waals surface area contributed by atoms with Crippen molar-refractivity contribution in [2.24, 2.45) is 0 Å². The fraction of sp³-hybridized carbons (Fsp3) is 0.350. The van der Waals surface area contributed by atoms with Crippen LogP contribution in [0.2, 0.25) is 10.0 Å². The number of anilines is 1. The fourth-order valence-corrected chi connectivity index (χ4v) is 4.08. The second kappa shape index (κ2) is 9.82. The van der Waals surface area contributed by atoms with E-state index in [0.29, 0.717) is 18.8 Å². The average Bonchev–Trinajstić information content (AvgIpc) is 3.31. The molecule has 15 heteroatoms. The van der Waals surface area contributed by atoms with Crippen molar-refractivity contribution in [1.82, 2.24) is 29.6 Å². The Hall–Kier alpha value is -3.19. The summed E-state index contributed by atoms with van der Waals surface area (Å²) in [5, 5.41) is 3.67. The van der Waals surface area contributed by atoms with E-state index in [2.05, 4.69) is 24.8 Å². The molecule has 2 aromatic heterocycles. The number of aromatic nitrogens is 5. The molecule has 0 bridgehead atoms. The van der Waals surface area contributed by atoms with Crippen molar-refractivity contribution in [3.05, 3.63) is 52.8 Å². The lowest BCUT2D eigenvalue weighted by Gasteiger charge is -2.39. The van der Waals surface area contributed by atoms with E-state index in [4.69, 9.17) is 23.2 Å². The van der Waals surface area contributed by atoms with Crippen molar-refractivity contribution >= 4 is 34.9 Å². The van der Waals surface area contributed by atoms with Crippen molar-refractivity contribution in [3.8, 4) is 11.7 Å². The van der Waals surface area contributed by atoms with Gasteiger partial charge in [0, 0.05) is 31.5 Å². The summed E-state index contributed by atoms with van der Waals surface area (Å²) in [6.07, 6.45) is -4.02. The van der Waals surface area contributed by atoms with Crippen LogP contribution in [0.1, 0.15) is 25.2 Å². The van der Waals surface area contributed by atoms with Crippen molar-refractivity contribution in [1.29, 1.82) is 0 Å². The molecule has 1 saturated heterocycles. The first-order chi connectivity index (χ1) is 16.6. The van der Waals surface area contributed by atoms with Gasteiger partial charge in [0.15, 0.2) is 5.82 Å². The Bertz CT molecular complexity index is 1220. The van der Waals surface area contributed by atoms with Crippen LogP contribution >= 0.6 is 23.2 Å². The fourth-order valence-electron chi connectivity index (χ4n) is 3.55. The Balaban J connectivity index is 1.63. The van der Waals surface area contributed by atoms with E-state index in [1.54, 1.807) is 13.0 Å². The predicted octanol–water partition coefficient (Wildman–Crippen LogP) is 4.99. The molecule has 3 aromatic rings. The van der Waals surface area contributed by atoms with Crippen LogP contribution in [0.15, 0.2) is 36.9 Å². The number of benzene rings is 1. The van der Waals surface area contributed by atoms with E-state index < -0.39 is 35.4 Å². The molecule has 35 heavy (non-hydrogen) atoms. The molecule has 2 amide bonds. The van der Waals surface area contributed by atoms with Crippen LogP contribution in [0.25, 0.3) is 5.95 Å². The van der Waals surface area contributed by atoms with Crippen LogP contribution in [-0.2, 0) is 0 Å². The van der Waals surface area contributed by atoms with Crippen LogP contribution in [-0.4, -0.2) is 61.3 Å². The SMILES string of the molecule is CC(c1ncnn1-c1ncccn1)N1CCCN(c2cc(OC(F)(F)C(F)F)c(Cl)cc2Cl)C1=O. The Morgan fingerprint density at radius 3 is 2.49 bits per heavy atom. The third-order valence-corrected chi connectivity index (χ3v) is 5.80. The van der Waals surface area contributed by atoms with Crippen molar-refractivity contribution in [2.45, 2.75) is 31.9 Å². The lowest BCUT2D eigenvalue weighted by molar-refractivity contribution is -0.253. The Kier molecular flexibility index (Phi) is 6.99. The van der Waals surface area contributed by atoms with Crippen molar-refractivity contribution in [3.63, 3.8) is 0 Å². The summed E-state index contributed by atoms with van der Waals surface area (Å²) in [5.41, 5.74) is -0.0223. The summed E-state index contributed by atoms with van der Waals surface area (Å²) in [6.45, 7) is 2.26. The first-order valence-electron chi connectivity index (χ1n) is 10.2. The zero-order valence-corrected chi connectivity index (χ0v) is 19.5. The number of halogens is 6. The summed E-state index contributed by atoms with van der Waals surface area (Å²) in [6, 6.07) is 2.51. The lowest BCUT2D eigenvalue weighted by Crippen LogP contribution is -2.50. The van der Waals surface area contributed by atoms with E-state index in [9.17, 15) is 22.4 Å². The molecule has 0 N–H and O–H groups in total.